The standard InChI is InChI=1S/C23H18ClFN4O2/c1-31-18-10-11-19-20(12-18)27-23(15-2-6-16(25)7-3-15)29-28-22(19)14-4-8-17(9-5-14)26-21(30)13-24/h2-12H,13H2,1H3,(H,26,30)(H,27,29). The Morgan fingerprint density at radius 1 is 1.06 bits per heavy atom. The van der Waals surface area contributed by atoms with Crippen molar-refractivity contribution in [2.24, 2.45) is 10.1 Å². The van der Waals surface area contributed by atoms with Gasteiger partial charge in [-0.25, -0.2) is 9.38 Å². The number of ether oxygens (including phenoxy) is 1. The lowest BCUT2D eigenvalue weighted by Crippen LogP contribution is -2.19. The van der Waals surface area contributed by atoms with Gasteiger partial charge in [0, 0.05) is 28.4 Å². The van der Waals surface area contributed by atoms with Crippen molar-refractivity contribution in [1.29, 1.82) is 0 Å². The maximum absolute atomic E-state index is 13.4. The van der Waals surface area contributed by atoms with Crippen LogP contribution in [0.3, 0.4) is 0 Å². The monoisotopic (exact) mass is 436 g/mol. The number of amidine groups is 1. The molecular formula is C23H18ClFN4O2. The Labute approximate surface area is 183 Å². The second-order valence-electron chi connectivity index (χ2n) is 6.68. The number of amides is 1. The van der Waals surface area contributed by atoms with Crippen LogP contribution >= 0.6 is 11.6 Å². The molecule has 0 aromatic heterocycles. The molecule has 1 aliphatic rings. The fourth-order valence-corrected chi connectivity index (χ4v) is 3.18. The van der Waals surface area contributed by atoms with Crippen molar-refractivity contribution in [1.82, 2.24) is 5.43 Å². The minimum absolute atomic E-state index is 0.114. The number of hydrazone groups is 1. The number of hydrogen-bond donors (Lipinski definition) is 2. The number of nitrogens with zero attached hydrogens (tertiary/aromatic N) is 2. The zero-order chi connectivity index (χ0) is 21.8. The largest absolute Gasteiger partial charge is 0.497 e. The summed E-state index contributed by atoms with van der Waals surface area (Å²) in [5.41, 5.74) is 7.25. The molecule has 0 spiro atoms. The van der Waals surface area contributed by atoms with Gasteiger partial charge in [0.2, 0.25) is 5.91 Å². The summed E-state index contributed by atoms with van der Waals surface area (Å²) in [5, 5.41) is 7.28. The number of benzene rings is 3. The molecule has 0 radical (unpaired) electrons. The third-order valence-electron chi connectivity index (χ3n) is 4.65. The highest BCUT2D eigenvalue weighted by molar-refractivity contribution is 6.29. The Hall–Kier alpha value is -3.71. The lowest BCUT2D eigenvalue weighted by Gasteiger charge is -2.10. The van der Waals surface area contributed by atoms with Gasteiger partial charge in [-0.2, -0.15) is 5.10 Å². The topological polar surface area (TPSA) is 75.1 Å². The van der Waals surface area contributed by atoms with Crippen molar-refractivity contribution < 1.29 is 13.9 Å². The van der Waals surface area contributed by atoms with Gasteiger partial charge in [-0.1, -0.05) is 12.1 Å². The van der Waals surface area contributed by atoms with Crippen LogP contribution in [0.15, 0.2) is 76.8 Å². The normalized spacial score (nSPS) is 12.6. The first-order valence-corrected chi connectivity index (χ1v) is 9.94. The molecule has 0 aliphatic carbocycles. The number of carbonyl (C=O) groups is 1. The molecule has 2 N–H and O–H groups in total. The smallest absolute Gasteiger partial charge is 0.239 e. The second kappa shape index (κ2) is 8.97. The summed E-state index contributed by atoms with van der Waals surface area (Å²) < 4.78 is 18.7. The molecule has 0 unspecified atom stereocenters. The van der Waals surface area contributed by atoms with Gasteiger partial charge in [0.1, 0.15) is 17.4 Å². The predicted octanol–water partition coefficient (Wildman–Crippen LogP) is 4.45. The molecule has 1 heterocycles. The number of fused-ring (bicyclic) bond motifs is 1. The molecule has 1 amide bonds. The van der Waals surface area contributed by atoms with Crippen molar-refractivity contribution in [3.63, 3.8) is 0 Å². The van der Waals surface area contributed by atoms with E-state index in [9.17, 15) is 9.18 Å². The number of hydrogen-bond acceptors (Lipinski definition) is 5. The molecule has 6 nitrogen and oxygen atoms in total. The van der Waals surface area contributed by atoms with Gasteiger partial charge in [0.25, 0.3) is 0 Å². The Balaban J connectivity index is 1.75. The lowest BCUT2D eigenvalue weighted by atomic mass is 10.00. The summed E-state index contributed by atoms with van der Waals surface area (Å²) in [6.07, 6.45) is 0. The van der Waals surface area contributed by atoms with Gasteiger partial charge in [-0.15, -0.1) is 11.6 Å². The molecule has 0 saturated carbocycles. The molecule has 1 aliphatic heterocycles. The molecule has 156 valence electrons. The summed E-state index contributed by atoms with van der Waals surface area (Å²) in [7, 11) is 1.59. The highest BCUT2D eigenvalue weighted by atomic mass is 35.5. The van der Waals surface area contributed by atoms with Gasteiger partial charge < -0.3 is 10.1 Å². The average Bonchev–Trinajstić information content (AvgIpc) is 2.99. The van der Waals surface area contributed by atoms with Crippen LogP contribution in [0.1, 0.15) is 16.7 Å². The number of halogens is 2. The summed E-state index contributed by atoms with van der Waals surface area (Å²) in [6, 6.07) is 18.8. The number of alkyl halides is 1. The highest BCUT2D eigenvalue weighted by Crippen LogP contribution is 2.30. The fraction of sp³-hybridized carbons (Fsp3) is 0.0870. The van der Waals surface area contributed by atoms with E-state index >= 15 is 0 Å². The van der Waals surface area contributed by atoms with Gasteiger partial charge in [-0.3, -0.25) is 10.2 Å². The van der Waals surface area contributed by atoms with E-state index in [-0.39, 0.29) is 17.6 Å². The van der Waals surface area contributed by atoms with Crippen LogP contribution < -0.4 is 15.5 Å². The summed E-state index contributed by atoms with van der Waals surface area (Å²) >= 11 is 5.54. The van der Waals surface area contributed by atoms with Gasteiger partial charge in [-0.05, 0) is 48.5 Å². The van der Waals surface area contributed by atoms with E-state index in [1.807, 2.05) is 30.3 Å². The molecule has 0 bridgehead atoms. The van der Waals surface area contributed by atoms with Gasteiger partial charge in [0.05, 0.1) is 18.5 Å². The zero-order valence-electron chi connectivity index (χ0n) is 16.5. The number of rotatable bonds is 5. The summed E-state index contributed by atoms with van der Waals surface area (Å²) in [6.45, 7) is 0. The molecule has 3 aromatic rings. The van der Waals surface area contributed by atoms with Crippen molar-refractivity contribution in [3.05, 3.63) is 89.2 Å². The minimum atomic E-state index is -0.328. The van der Waals surface area contributed by atoms with E-state index in [0.717, 1.165) is 11.1 Å². The third-order valence-corrected chi connectivity index (χ3v) is 4.89. The van der Waals surface area contributed by atoms with Gasteiger partial charge >= 0.3 is 0 Å². The van der Waals surface area contributed by atoms with E-state index in [1.54, 1.807) is 31.4 Å². The SMILES string of the molecule is COc1ccc2c(c1)N=C(c1ccc(F)cc1)NN=C2c1ccc(NC(=O)CCl)cc1. The first kappa shape index (κ1) is 20.6. The van der Waals surface area contributed by atoms with Crippen molar-refractivity contribution in [2.45, 2.75) is 0 Å². The van der Waals surface area contributed by atoms with Crippen LogP contribution in [-0.4, -0.2) is 30.4 Å². The molecule has 0 fully saturated rings. The minimum Gasteiger partial charge on any atom is -0.497 e. The van der Waals surface area contributed by atoms with E-state index in [4.69, 9.17) is 21.3 Å². The Morgan fingerprint density at radius 2 is 1.77 bits per heavy atom. The second-order valence-corrected chi connectivity index (χ2v) is 6.95. The fourth-order valence-electron chi connectivity index (χ4n) is 3.11. The Morgan fingerprint density at radius 3 is 2.45 bits per heavy atom. The van der Waals surface area contributed by atoms with Crippen LogP contribution in [-0.2, 0) is 4.79 Å². The van der Waals surface area contributed by atoms with Crippen LogP contribution in [0.5, 0.6) is 5.75 Å². The van der Waals surface area contributed by atoms with Crippen molar-refractivity contribution in [2.75, 3.05) is 18.3 Å². The molecule has 31 heavy (non-hydrogen) atoms. The van der Waals surface area contributed by atoms with Gasteiger partial charge in [0.15, 0.2) is 5.84 Å². The van der Waals surface area contributed by atoms with E-state index in [2.05, 4.69) is 15.8 Å². The Kier molecular flexibility index (Phi) is 5.95. The van der Waals surface area contributed by atoms with Crippen molar-refractivity contribution >= 4 is 40.4 Å². The average molecular weight is 437 g/mol. The van der Waals surface area contributed by atoms with Crippen LogP contribution in [0.25, 0.3) is 0 Å². The van der Waals surface area contributed by atoms with Crippen LogP contribution in [0.2, 0.25) is 0 Å². The maximum atomic E-state index is 13.4. The van der Waals surface area contributed by atoms with Crippen LogP contribution in [0, 0.1) is 5.82 Å². The number of carbonyl (C=O) groups excluding carboxylic acids is 1. The lowest BCUT2D eigenvalue weighted by molar-refractivity contribution is -0.113. The summed E-state index contributed by atoms with van der Waals surface area (Å²) in [4.78, 5) is 16.2. The van der Waals surface area contributed by atoms with E-state index < -0.39 is 0 Å². The molecule has 3 aromatic carbocycles. The van der Waals surface area contributed by atoms with Crippen LogP contribution in [0.4, 0.5) is 15.8 Å². The molecule has 4 rings (SSSR count). The molecule has 8 heteroatoms. The molecule has 0 atom stereocenters. The Bertz CT molecular complexity index is 1180. The number of methoxy groups -OCH3 is 1. The molecular weight excluding hydrogens is 419 g/mol. The maximum Gasteiger partial charge on any atom is 0.239 e. The predicted molar refractivity (Wildman–Crippen MR) is 120 cm³/mol. The zero-order valence-corrected chi connectivity index (χ0v) is 17.3. The summed E-state index contributed by atoms with van der Waals surface area (Å²) in [5.74, 6) is 0.414. The first-order valence-electron chi connectivity index (χ1n) is 9.40. The highest BCUT2D eigenvalue weighted by Gasteiger charge is 2.18. The quantitative estimate of drug-likeness (QED) is 0.580. The third kappa shape index (κ3) is 4.57. The first-order chi connectivity index (χ1) is 15.1. The number of anilines is 1. The van der Waals surface area contributed by atoms with Crippen molar-refractivity contribution in [3.8, 4) is 5.75 Å². The molecule has 0 saturated heterocycles. The number of aliphatic imine (C=N–C) groups is 1. The number of nitrogens with one attached hydrogen (secondary N) is 2. The van der Waals surface area contributed by atoms with E-state index in [0.29, 0.717) is 34.2 Å². The van der Waals surface area contributed by atoms with E-state index in [1.165, 1.54) is 12.1 Å².